The highest BCUT2D eigenvalue weighted by atomic mass is 35.5. The highest BCUT2D eigenvalue weighted by molar-refractivity contribution is 6.31. The molecule has 0 unspecified atom stereocenters. The van der Waals surface area contributed by atoms with Crippen LogP contribution < -0.4 is 0 Å². The van der Waals surface area contributed by atoms with Crippen LogP contribution in [-0.2, 0) is 0 Å². The van der Waals surface area contributed by atoms with Crippen molar-refractivity contribution in [2.24, 2.45) is 0 Å². The molecule has 3 rings (SSSR count). The van der Waals surface area contributed by atoms with Crippen LogP contribution >= 0.6 is 11.6 Å². The van der Waals surface area contributed by atoms with Gasteiger partial charge in [0.2, 0.25) is 0 Å². The third-order valence-electron chi connectivity index (χ3n) is 2.70. The summed E-state index contributed by atoms with van der Waals surface area (Å²) in [6.45, 7) is 2.01. The van der Waals surface area contributed by atoms with E-state index in [-0.39, 0.29) is 0 Å². The van der Waals surface area contributed by atoms with Crippen LogP contribution in [0.15, 0.2) is 53.4 Å². The van der Waals surface area contributed by atoms with Crippen molar-refractivity contribution in [2.75, 3.05) is 0 Å². The standard InChI is InChI=1S/C14H11ClN2O/c1-10-8-16-17(9-10)13-5-4-11(15)7-12(13)14-3-2-6-18-14/h2-9H,1H3. The Morgan fingerprint density at radius 2 is 2.17 bits per heavy atom. The van der Waals surface area contributed by atoms with Gasteiger partial charge in [0.1, 0.15) is 5.76 Å². The van der Waals surface area contributed by atoms with Crippen LogP contribution in [0.2, 0.25) is 5.02 Å². The lowest BCUT2D eigenvalue weighted by molar-refractivity contribution is 0.581. The quantitative estimate of drug-likeness (QED) is 0.693. The molecule has 90 valence electrons. The van der Waals surface area contributed by atoms with Gasteiger partial charge in [-0.15, -0.1) is 0 Å². The van der Waals surface area contributed by atoms with Gasteiger partial charge in [0.05, 0.1) is 18.1 Å². The number of hydrogen-bond donors (Lipinski definition) is 0. The molecule has 0 aliphatic rings. The van der Waals surface area contributed by atoms with E-state index in [1.165, 1.54) is 0 Å². The first-order valence-corrected chi connectivity index (χ1v) is 5.97. The van der Waals surface area contributed by atoms with E-state index in [4.69, 9.17) is 16.0 Å². The minimum atomic E-state index is 0.675. The summed E-state index contributed by atoms with van der Waals surface area (Å²) in [7, 11) is 0. The second-order valence-electron chi connectivity index (χ2n) is 4.10. The van der Waals surface area contributed by atoms with Crippen LogP contribution in [0, 0.1) is 6.92 Å². The molecule has 0 spiro atoms. The van der Waals surface area contributed by atoms with Crippen molar-refractivity contribution >= 4 is 11.6 Å². The Morgan fingerprint density at radius 3 is 2.83 bits per heavy atom. The summed E-state index contributed by atoms with van der Waals surface area (Å²) < 4.78 is 7.27. The molecule has 0 radical (unpaired) electrons. The summed E-state index contributed by atoms with van der Waals surface area (Å²) in [5.74, 6) is 0.778. The third kappa shape index (κ3) is 1.93. The van der Waals surface area contributed by atoms with Crippen molar-refractivity contribution in [3.63, 3.8) is 0 Å². The zero-order chi connectivity index (χ0) is 12.5. The number of nitrogens with zero attached hydrogens (tertiary/aromatic N) is 2. The summed E-state index contributed by atoms with van der Waals surface area (Å²) in [4.78, 5) is 0. The van der Waals surface area contributed by atoms with Crippen molar-refractivity contribution in [3.05, 3.63) is 59.6 Å². The van der Waals surface area contributed by atoms with Crippen LogP contribution in [0.5, 0.6) is 0 Å². The zero-order valence-electron chi connectivity index (χ0n) is 9.80. The maximum Gasteiger partial charge on any atom is 0.136 e. The lowest BCUT2D eigenvalue weighted by Gasteiger charge is -2.08. The van der Waals surface area contributed by atoms with Gasteiger partial charge in [0.15, 0.2) is 0 Å². The van der Waals surface area contributed by atoms with E-state index in [0.717, 1.165) is 22.6 Å². The van der Waals surface area contributed by atoms with Gasteiger partial charge < -0.3 is 4.42 Å². The summed E-state index contributed by atoms with van der Waals surface area (Å²) >= 11 is 6.06. The molecule has 1 aromatic carbocycles. The maximum atomic E-state index is 6.06. The van der Waals surface area contributed by atoms with E-state index in [0.29, 0.717) is 5.02 Å². The van der Waals surface area contributed by atoms with Gasteiger partial charge in [-0.3, -0.25) is 0 Å². The minimum absolute atomic E-state index is 0.675. The number of rotatable bonds is 2. The van der Waals surface area contributed by atoms with Crippen LogP contribution in [0.3, 0.4) is 0 Å². The summed E-state index contributed by atoms with van der Waals surface area (Å²) in [5.41, 5.74) is 2.98. The van der Waals surface area contributed by atoms with Crippen LogP contribution in [-0.4, -0.2) is 9.78 Å². The van der Waals surface area contributed by atoms with E-state index in [9.17, 15) is 0 Å². The molecule has 0 aliphatic carbocycles. The second-order valence-corrected chi connectivity index (χ2v) is 4.54. The Morgan fingerprint density at radius 1 is 1.28 bits per heavy atom. The largest absolute Gasteiger partial charge is 0.464 e. The molecule has 0 bridgehead atoms. The average Bonchev–Trinajstić information content (AvgIpc) is 2.99. The molecule has 0 fully saturated rings. The molecule has 3 nitrogen and oxygen atoms in total. The fraction of sp³-hybridized carbons (Fsp3) is 0.0714. The van der Waals surface area contributed by atoms with Gasteiger partial charge >= 0.3 is 0 Å². The summed E-state index contributed by atoms with van der Waals surface area (Å²) in [6, 6.07) is 9.43. The Balaban J connectivity index is 2.20. The predicted octanol–water partition coefficient (Wildman–Crippen LogP) is 4.09. The zero-order valence-corrected chi connectivity index (χ0v) is 10.6. The number of aromatic nitrogens is 2. The fourth-order valence-electron chi connectivity index (χ4n) is 1.88. The predicted molar refractivity (Wildman–Crippen MR) is 71.0 cm³/mol. The summed E-state index contributed by atoms with van der Waals surface area (Å²) in [5, 5.41) is 4.99. The fourth-order valence-corrected chi connectivity index (χ4v) is 2.05. The molecule has 4 heteroatoms. The summed E-state index contributed by atoms with van der Waals surface area (Å²) in [6.07, 6.45) is 5.44. The minimum Gasteiger partial charge on any atom is -0.464 e. The van der Waals surface area contributed by atoms with E-state index in [1.807, 2.05) is 54.3 Å². The molecule has 2 aromatic heterocycles. The molecule has 0 aliphatic heterocycles. The molecule has 0 saturated heterocycles. The molecule has 0 saturated carbocycles. The highest BCUT2D eigenvalue weighted by Gasteiger charge is 2.10. The first-order chi connectivity index (χ1) is 8.74. The Labute approximate surface area is 110 Å². The van der Waals surface area contributed by atoms with Crippen molar-refractivity contribution in [1.29, 1.82) is 0 Å². The van der Waals surface area contributed by atoms with Gasteiger partial charge in [0, 0.05) is 16.8 Å². The topological polar surface area (TPSA) is 31.0 Å². The van der Waals surface area contributed by atoms with Gasteiger partial charge in [-0.05, 0) is 42.8 Å². The molecule has 0 N–H and O–H groups in total. The number of furan rings is 1. The SMILES string of the molecule is Cc1cnn(-c2ccc(Cl)cc2-c2ccco2)c1. The Bertz CT molecular complexity index is 671. The molecular formula is C14H11ClN2O. The van der Waals surface area contributed by atoms with Gasteiger partial charge in [0.25, 0.3) is 0 Å². The molecule has 0 atom stereocenters. The molecular weight excluding hydrogens is 248 g/mol. The van der Waals surface area contributed by atoms with Gasteiger partial charge in [-0.25, -0.2) is 4.68 Å². The molecule has 18 heavy (non-hydrogen) atoms. The molecule has 3 aromatic rings. The normalized spacial score (nSPS) is 10.8. The first-order valence-electron chi connectivity index (χ1n) is 5.59. The highest BCUT2D eigenvalue weighted by Crippen LogP contribution is 2.29. The van der Waals surface area contributed by atoms with E-state index in [2.05, 4.69) is 5.10 Å². The molecule has 2 heterocycles. The second kappa shape index (κ2) is 4.35. The Kier molecular flexibility index (Phi) is 2.68. The smallest absolute Gasteiger partial charge is 0.136 e. The van der Waals surface area contributed by atoms with E-state index >= 15 is 0 Å². The number of benzene rings is 1. The van der Waals surface area contributed by atoms with Crippen molar-refractivity contribution in [2.45, 2.75) is 6.92 Å². The maximum absolute atomic E-state index is 6.06. The number of halogens is 1. The molecule has 0 amide bonds. The lowest BCUT2D eigenvalue weighted by Crippen LogP contribution is -1.96. The van der Waals surface area contributed by atoms with Gasteiger partial charge in [-0.2, -0.15) is 5.10 Å². The van der Waals surface area contributed by atoms with Crippen LogP contribution in [0.4, 0.5) is 0 Å². The number of aryl methyl sites for hydroxylation is 1. The number of hydrogen-bond acceptors (Lipinski definition) is 2. The van der Waals surface area contributed by atoms with Crippen molar-refractivity contribution < 1.29 is 4.42 Å². The van der Waals surface area contributed by atoms with Crippen LogP contribution in [0.1, 0.15) is 5.56 Å². The van der Waals surface area contributed by atoms with Crippen molar-refractivity contribution in [3.8, 4) is 17.0 Å². The lowest BCUT2D eigenvalue weighted by atomic mass is 10.1. The third-order valence-corrected chi connectivity index (χ3v) is 2.94. The van der Waals surface area contributed by atoms with E-state index < -0.39 is 0 Å². The van der Waals surface area contributed by atoms with Gasteiger partial charge in [-0.1, -0.05) is 11.6 Å². The average molecular weight is 259 g/mol. The van der Waals surface area contributed by atoms with Crippen LogP contribution in [0.25, 0.3) is 17.0 Å². The first kappa shape index (κ1) is 11.1. The Hall–Kier alpha value is -2.00. The monoisotopic (exact) mass is 258 g/mol. The van der Waals surface area contributed by atoms with Crippen molar-refractivity contribution in [1.82, 2.24) is 9.78 Å². The van der Waals surface area contributed by atoms with E-state index in [1.54, 1.807) is 6.26 Å².